The van der Waals surface area contributed by atoms with E-state index in [4.69, 9.17) is 18.9 Å². The van der Waals surface area contributed by atoms with E-state index < -0.39 is 6.10 Å². The lowest BCUT2D eigenvalue weighted by Gasteiger charge is -2.22. The van der Waals surface area contributed by atoms with Gasteiger partial charge in [-0.25, -0.2) is 9.37 Å². The Morgan fingerprint density at radius 2 is 1.87 bits per heavy atom. The number of hydrogen-bond acceptors (Lipinski definition) is 6. The Labute approximate surface area is 228 Å². The number of carbonyl (C=O) groups is 1. The van der Waals surface area contributed by atoms with Gasteiger partial charge in [-0.2, -0.15) is 0 Å². The number of benzene rings is 2. The minimum atomic E-state index is -0.392. The Bertz CT molecular complexity index is 1350. The van der Waals surface area contributed by atoms with Crippen LogP contribution in [0.3, 0.4) is 0 Å². The van der Waals surface area contributed by atoms with Crippen LogP contribution >= 0.6 is 0 Å². The van der Waals surface area contributed by atoms with Crippen molar-refractivity contribution in [2.75, 3.05) is 20.3 Å². The van der Waals surface area contributed by atoms with Gasteiger partial charge in [0, 0.05) is 36.2 Å². The molecule has 0 amide bonds. The lowest BCUT2D eigenvalue weighted by atomic mass is 9.96. The zero-order chi connectivity index (χ0) is 27.2. The van der Waals surface area contributed by atoms with Crippen molar-refractivity contribution in [3.8, 4) is 34.6 Å². The highest BCUT2D eigenvalue weighted by molar-refractivity contribution is 5.71. The summed E-state index contributed by atoms with van der Waals surface area (Å²) in [6, 6.07) is 14.7. The number of nitrogens with zero attached hydrogens (tertiary/aromatic N) is 1. The summed E-state index contributed by atoms with van der Waals surface area (Å²) in [6.07, 6.45) is 4.81. The van der Waals surface area contributed by atoms with Gasteiger partial charge in [-0.05, 0) is 60.7 Å². The van der Waals surface area contributed by atoms with Crippen molar-refractivity contribution in [3.63, 3.8) is 0 Å². The molecular weight excluding hydrogens is 497 g/mol. The van der Waals surface area contributed by atoms with E-state index in [1.807, 2.05) is 42.5 Å². The van der Waals surface area contributed by atoms with Crippen LogP contribution in [-0.2, 0) is 20.7 Å². The lowest BCUT2D eigenvalue weighted by Crippen LogP contribution is -2.26. The van der Waals surface area contributed by atoms with E-state index in [0.29, 0.717) is 43.2 Å². The lowest BCUT2D eigenvalue weighted by molar-refractivity contribution is -0.140. The number of esters is 1. The van der Waals surface area contributed by atoms with Crippen molar-refractivity contribution >= 4 is 5.97 Å². The van der Waals surface area contributed by atoms with E-state index in [2.05, 4.69) is 16.8 Å². The summed E-state index contributed by atoms with van der Waals surface area (Å²) in [6.45, 7) is 3.16. The van der Waals surface area contributed by atoms with E-state index in [1.54, 1.807) is 13.1 Å². The third-order valence-electron chi connectivity index (χ3n) is 7.26. The quantitative estimate of drug-likeness (QED) is 0.256. The summed E-state index contributed by atoms with van der Waals surface area (Å²) < 4.78 is 37.5. The number of carbonyl (C=O) groups excluding carboxylic acids is 1. The molecule has 2 aromatic carbocycles. The van der Waals surface area contributed by atoms with Crippen LogP contribution in [0.4, 0.5) is 4.39 Å². The van der Waals surface area contributed by atoms with E-state index in [1.165, 1.54) is 13.2 Å². The fraction of sp³-hybridized carbons (Fsp3) is 0.375. The van der Waals surface area contributed by atoms with Gasteiger partial charge in [0.15, 0.2) is 0 Å². The molecule has 1 aliphatic carbocycles. The van der Waals surface area contributed by atoms with Crippen LogP contribution in [0.1, 0.15) is 61.3 Å². The van der Waals surface area contributed by atoms with Crippen LogP contribution in [0.15, 0.2) is 54.7 Å². The molecule has 0 N–H and O–H groups in total. The number of rotatable bonds is 8. The molecular formula is C32H32FNO5. The predicted molar refractivity (Wildman–Crippen MR) is 145 cm³/mol. The summed E-state index contributed by atoms with van der Waals surface area (Å²) >= 11 is 0. The molecule has 0 bridgehead atoms. The molecule has 2 heterocycles. The molecule has 39 heavy (non-hydrogen) atoms. The average molecular weight is 530 g/mol. The largest absolute Gasteiger partial charge is 0.486 e. The van der Waals surface area contributed by atoms with E-state index in [0.717, 1.165) is 35.1 Å². The fourth-order valence-electron chi connectivity index (χ4n) is 5.25. The monoisotopic (exact) mass is 529 g/mol. The zero-order valence-electron chi connectivity index (χ0n) is 22.2. The molecule has 1 aliphatic heterocycles. The first kappa shape index (κ1) is 26.7. The third-order valence-corrected chi connectivity index (χ3v) is 7.26. The summed E-state index contributed by atoms with van der Waals surface area (Å²) in [5, 5.41) is 0. The maximum Gasteiger partial charge on any atom is 0.307 e. The van der Waals surface area contributed by atoms with Gasteiger partial charge in [-0.1, -0.05) is 24.1 Å². The summed E-state index contributed by atoms with van der Waals surface area (Å²) in [4.78, 5) is 16.3. The summed E-state index contributed by atoms with van der Waals surface area (Å²) in [7, 11) is 1.37. The molecule has 3 aromatic rings. The Balaban J connectivity index is 1.31. The van der Waals surface area contributed by atoms with Crippen LogP contribution in [0.5, 0.6) is 11.6 Å². The summed E-state index contributed by atoms with van der Waals surface area (Å²) in [5.74, 6) is 6.33. The molecule has 1 saturated heterocycles. The molecule has 0 spiro atoms. The zero-order valence-corrected chi connectivity index (χ0v) is 22.2. The van der Waals surface area contributed by atoms with E-state index in [-0.39, 0.29) is 30.2 Å². The van der Waals surface area contributed by atoms with Gasteiger partial charge in [-0.3, -0.25) is 4.79 Å². The second-order valence-electron chi connectivity index (χ2n) is 9.74. The first-order valence-corrected chi connectivity index (χ1v) is 13.3. The molecule has 7 heteroatoms. The van der Waals surface area contributed by atoms with Crippen LogP contribution in [0.2, 0.25) is 0 Å². The van der Waals surface area contributed by atoms with E-state index >= 15 is 4.39 Å². The Hall–Kier alpha value is -3.89. The minimum absolute atomic E-state index is 0.123. The summed E-state index contributed by atoms with van der Waals surface area (Å²) in [5.41, 5.74) is 4.33. The van der Waals surface area contributed by atoms with Crippen molar-refractivity contribution in [1.29, 1.82) is 0 Å². The molecule has 2 aliphatic rings. The predicted octanol–water partition coefficient (Wildman–Crippen LogP) is 6.18. The topological polar surface area (TPSA) is 66.9 Å². The number of ether oxygens (including phenoxy) is 4. The van der Waals surface area contributed by atoms with Crippen LogP contribution in [0, 0.1) is 17.7 Å². The molecule has 2 atom stereocenters. The van der Waals surface area contributed by atoms with Gasteiger partial charge in [0.2, 0.25) is 5.88 Å². The highest BCUT2D eigenvalue weighted by atomic mass is 19.1. The highest BCUT2D eigenvalue weighted by Crippen LogP contribution is 2.42. The molecule has 1 fully saturated rings. The smallest absolute Gasteiger partial charge is 0.307 e. The van der Waals surface area contributed by atoms with Gasteiger partial charge in [0.1, 0.15) is 23.8 Å². The van der Waals surface area contributed by atoms with Crippen molar-refractivity contribution in [2.45, 2.75) is 57.2 Å². The molecule has 1 unspecified atom stereocenters. The molecule has 1 aromatic heterocycles. The van der Waals surface area contributed by atoms with Crippen molar-refractivity contribution in [1.82, 2.24) is 4.98 Å². The first-order valence-electron chi connectivity index (χ1n) is 13.3. The van der Waals surface area contributed by atoms with Gasteiger partial charge in [0.25, 0.3) is 0 Å². The number of hydrogen-bond donors (Lipinski definition) is 0. The Kier molecular flexibility index (Phi) is 8.43. The number of aromatic nitrogens is 1. The van der Waals surface area contributed by atoms with Crippen LogP contribution in [0.25, 0.3) is 11.1 Å². The molecule has 5 rings (SSSR count). The van der Waals surface area contributed by atoms with Crippen LogP contribution in [-0.4, -0.2) is 37.4 Å². The first-order chi connectivity index (χ1) is 19.1. The average Bonchev–Trinajstić information content (AvgIpc) is 3.39. The van der Waals surface area contributed by atoms with Crippen molar-refractivity contribution in [3.05, 3.63) is 77.2 Å². The van der Waals surface area contributed by atoms with Crippen LogP contribution < -0.4 is 9.47 Å². The molecule has 0 saturated carbocycles. The maximum absolute atomic E-state index is 15.1. The molecule has 202 valence electrons. The Morgan fingerprint density at radius 1 is 1.08 bits per heavy atom. The number of pyridine rings is 1. The van der Waals surface area contributed by atoms with E-state index in [9.17, 15) is 4.79 Å². The van der Waals surface area contributed by atoms with Gasteiger partial charge < -0.3 is 18.9 Å². The number of halogens is 1. The molecule has 6 nitrogen and oxygen atoms in total. The van der Waals surface area contributed by atoms with Gasteiger partial charge in [0.05, 0.1) is 32.7 Å². The highest BCUT2D eigenvalue weighted by Gasteiger charge is 2.30. The number of methoxy groups -OCH3 is 1. The normalized spacial score (nSPS) is 17.5. The second-order valence-corrected chi connectivity index (χ2v) is 9.74. The van der Waals surface area contributed by atoms with Crippen molar-refractivity contribution < 1.29 is 28.1 Å². The SMILES string of the molecule is CC#CC(CC(=O)OC)c1ccc(O[C@@H]2CCc3c(-c4ccc(OC5CCOCC5)nc4)ccc(F)c32)cc1. The van der Waals surface area contributed by atoms with Gasteiger partial charge >= 0.3 is 5.97 Å². The molecule has 0 radical (unpaired) electrons. The third kappa shape index (κ3) is 6.23. The second kappa shape index (κ2) is 12.3. The fourth-order valence-corrected chi connectivity index (χ4v) is 5.25. The Morgan fingerprint density at radius 3 is 2.56 bits per heavy atom. The number of fused-ring (bicyclic) bond motifs is 1. The van der Waals surface area contributed by atoms with Crippen molar-refractivity contribution in [2.24, 2.45) is 0 Å². The standard InChI is InChI=1S/C32H32FNO5/c1-3-4-22(19-31(35)36-2)21-5-8-24(9-6-21)38-29-13-11-27-26(10-12-28(33)32(27)29)23-7-14-30(34-20-23)39-25-15-17-37-18-16-25/h5-10,12,14,20,22,25,29H,11,13,15-19H2,1-2H3/t22?,29-/m1/s1. The maximum atomic E-state index is 15.1. The van der Waals surface area contributed by atoms with Gasteiger partial charge in [-0.15, -0.1) is 5.92 Å². The minimum Gasteiger partial charge on any atom is -0.486 e.